The van der Waals surface area contributed by atoms with Gasteiger partial charge in [-0.3, -0.25) is 4.79 Å². The van der Waals surface area contributed by atoms with Crippen molar-refractivity contribution in [3.8, 4) is 11.1 Å². The lowest BCUT2D eigenvalue weighted by Gasteiger charge is -2.36. The Morgan fingerprint density at radius 3 is 2.31 bits per heavy atom. The molecule has 0 N–H and O–H groups in total. The molecule has 3 aromatic carbocycles. The third kappa shape index (κ3) is 5.04. The second-order valence-corrected chi connectivity index (χ2v) is 13.0. The summed E-state index contributed by atoms with van der Waals surface area (Å²) < 4.78 is 66.8. The van der Waals surface area contributed by atoms with E-state index in [2.05, 4.69) is 0 Å². The Morgan fingerprint density at radius 1 is 1.00 bits per heavy atom. The van der Waals surface area contributed by atoms with Crippen LogP contribution in [-0.4, -0.2) is 52.9 Å². The van der Waals surface area contributed by atoms with Gasteiger partial charge in [0, 0.05) is 30.4 Å². The molecule has 0 saturated carbocycles. The Labute approximate surface area is 215 Å². The van der Waals surface area contributed by atoms with Gasteiger partial charge in [0.1, 0.15) is 11.9 Å². The van der Waals surface area contributed by atoms with Gasteiger partial charge in [-0.05, 0) is 60.9 Å². The number of likely N-dealkylation sites (N-methyl/N-ethyl adjacent to an activating group) is 1. The predicted molar refractivity (Wildman–Crippen MR) is 137 cm³/mol. The van der Waals surface area contributed by atoms with Crippen molar-refractivity contribution >= 4 is 43.1 Å². The molecule has 0 bridgehead atoms. The summed E-state index contributed by atoms with van der Waals surface area (Å²) >= 11 is 5.86. The lowest BCUT2D eigenvalue weighted by atomic mass is 10.0. The van der Waals surface area contributed by atoms with Crippen LogP contribution in [-0.2, 0) is 24.7 Å². The Kier molecular flexibility index (Phi) is 7.25. The molecule has 1 heterocycles. The molecular formula is C25H24ClFN2O5S2. The summed E-state index contributed by atoms with van der Waals surface area (Å²) in [5.41, 5.74) is 0.699. The van der Waals surface area contributed by atoms with Crippen molar-refractivity contribution < 1.29 is 26.0 Å². The van der Waals surface area contributed by atoms with Gasteiger partial charge in [-0.1, -0.05) is 35.9 Å². The van der Waals surface area contributed by atoms with Crippen molar-refractivity contribution in [2.45, 2.75) is 28.7 Å². The SMILES string of the molecule is CN(C1CCCN(c2ccc(-c3ccccc3S(C)(=O)=O)cc2F)C1=O)S(=O)(=O)c1ccc(Cl)cc1. The highest BCUT2D eigenvalue weighted by atomic mass is 35.5. The van der Waals surface area contributed by atoms with E-state index in [-0.39, 0.29) is 22.0 Å². The first-order valence-corrected chi connectivity index (χ1v) is 14.8. The first-order valence-electron chi connectivity index (χ1n) is 11.1. The van der Waals surface area contributed by atoms with Crippen LogP contribution >= 0.6 is 11.6 Å². The summed E-state index contributed by atoms with van der Waals surface area (Å²) in [5, 5.41) is 0.384. The maximum atomic E-state index is 15.3. The smallest absolute Gasteiger partial charge is 0.245 e. The fraction of sp³-hybridized carbons (Fsp3) is 0.240. The fourth-order valence-electron chi connectivity index (χ4n) is 4.29. The van der Waals surface area contributed by atoms with Crippen LogP contribution in [0.5, 0.6) is 0 Å². The number of halogens is 2. The van der Waals surface area contributed by atoms with Gasteiger partial charge < -0.3 is 4.90 Å². The number of carbonyl (C=O) groups is 1. The highest BCUT2D eigenvalue weighted by Crippen LogP contribution is 2.33. The average Bonchev–Trinajstić information content (AvgIpc) is 2.84. The first-order chi connectivity index (χ1) is 16.9. The topological polar surface area (TPSA) is 91.8 Å². The maximum absolute atomic E-state index is 15.3. The molecule has 1 unspecified atom stereocenters. The third-order valence-corrected chi connectivity index (χ3v) is 9.46. The summed E-state index contributed by atoms with van der Waals surface area (Å²) in [6, 6.07) is 15.1. The lowest BCUT2D eigenvalue weighted by Crippen LogP contribution is -2.53. The number of benzene rings is 3. The predicted octanol–water partition coefficient (Wildman–Crippen LogP) is 4.37. The first kappa shape index (κ1) is 26.3. The zero-order valence-corrected chi connectivity index (χ0v) is 21.9. The minimum absolute atomic E-state index is 0.000557. The molecule has 1 saturated heterocycles. The van der Waals surface area contributed by atoms with Crippen LogP contribution in [0.25, 0.3) is 11.1 Å². The largest absolute Gasteiger partial charge is 0.308 e. The van der Waals surface area contributed by atoms with Crippen molar-refractivity contribution in [2.75, 3.05) is 24.7 Å². The summed E-state index contributed by atoms with van der Waals surface area (Å²) in [5.74, 6) is -1.25. The van der Waals surface area contributed by atoms with E-state index in [0.29, 0.717) is 29.0 Å². The van der Waals surface area contributed by atoms with Gasteiger partial charge in [0.15, 0.2) is 9.84 Å². The van der Waals surface area contributed by atoms with Crippen LogP contribution in [0.1, 0.15) is 12.8 Å². The number of hydrogen-bond acceptors (Lipinski definition) is 5. The molecule has 1 atom stereocenters. The molecule has 0 spiro atoms. The Morgan fingerprint density at radius 2 is 1.67 bits per heavy atom. The Balaban J connectivity index is 1.64. The minimum atomic E-state index is -3.99. The lowest BCUT2D eigenvalue weighted by molar-refractivity contribution is -0.123. The van der Waals surface area contributed by atoms with E-state index in [1.165, 1.54) is 54.4 Å². The van der Waals surface area contributed by atoms with Crippen molar-refractivity contribution in [3.05, 3.63) is 77.6 Å². The standard InChI is InChI=1S/C25H24ClFN2O5S2/c1-28(36(33,34)19-12-10-18(26)11-13-19)23-7-5-15-29(25(23)30)22-14-9-17(16-21(22)27)20-6-3-4-8-24(20)35(2,31)32/h3-4,6,8-14,16,23H,5,7,15H2,1-2H3. The highest BCUT2D eigenvalue weighted by molar-refractivity contribution is 7.90. The molecule has 0 aliphatic carbocycles. The maximum Gasteiger partial charge on any atom is 0.245 e. The van der Waals surface area contributed by atoms with Crippen LogP contribution in [0.2, 0.25) is 5.02 Å². The third-order valence-electron chi connectivity index (χ3n) is 6.18. The summed E-state index contributed by atoms with van der Waals surface area (Å²) in [4.78, 5) is 14.7. The van der Waals surface area contributed by atoms with E-state index in [4.69, 9.17) is 11.6 Å². The van der Waals surface area contributed by atoms with Crippen molar-refractivity contribution in [3.63, 3.8) is 0 Å². The van der Waals surface area contributed by atoms with Crippen molar-refractivity contribution in [2.24, 2.45) is 0 Å². The van der Waals surface area contributed by atoms with E-state index < -0.39 is 37.6 Å². The molecule has 0 radical (unpaired) electrons. The Hall–Kier alpha value is -2.79. The fourth-order valence-corrected chi connectivity index (χ4v) is 6.68. The van der Waals surface area contributed by atoms with E-state index >= 15 is 4.39 Å². The van der Waals surface area contributed by atoms with Crippen LogP contribution in [0, 0.1) is 5.82 Å². The second-order valence-electron chi connectivity index (χ2n) is 8.56. The molecule has 0 aromatic heterocycles. The molecule has 1 fully saturated rings. The molecule has 1 aliphatic heterocycles. The molecular weight excluding hydrogens is 527 g/mol. The van der Waals surface area contributed by atoms with Crippen LogP contribution < -0.4 is 4.90 Å². The van der Waals surface area contributed by atoms with Gasteiger partial charge in [0.25, 0.3) is 0 Å². The Bertz CT molecular complexity index is 1530. The minimum Gasteiger partial charge on any atom is -0.308 e. The average molecular weight is 551 g/mol. The van der Waals surface area contributed by atoms with Crippen LogP contribution in [0.4, 0.5) is 10.1 Å². The number of nitrogens with zero attached hydrogens (tertiary/aromatic N) is 2. The van der Waals surface area contributed by atoms with Gasteiger partial charge in [-0.2, -0.15) is 4.31 Å². The molecule has 11 heteroatoms. The number of piperidine rings is 1. The van der Waals surface area contributed by atoms with Gasteiger partial charge in [0.05, 0.1) is 15.5 Å². The quantitative estimate of drug-likeness (QED) is 0.454. The zero-order valence-electron chi connectivity index (χ0n) is 19.6. The summed E-state index contributed by atoms with van der Waals surface area (Å²) in [6.07, 6.45) is 1.84. The monoisotopic (exact) mass is 550 g/mol. The number of anilines is 1. The van der Waals surface area contributed by atoms with Crippen molar-refractivity contribution in [1.29, 1.82) is 0 Å². The van der Waals surface area contributed by atoms with E-state index in [1.54, 1.807) is 24.3 Å². The van der Waals surface area contributed by atoms with E-state index in [9.17, 15) is 21.6 Å². The van der Waals surface area contributed by atoms with E-state index in [0.717, 1.165) is 10.6 Å². The van der Waals surface area contributed by atoms with Gasteiger partial charge in [0.2, 0.25) is 15.9 Å². The number of carbonyl (C=O) groups excluding carboxylic acids is 1. The molecule has 1 amide bonds. The number of sulfonamides is 1. The summed E-state index contributed by atoms with van der Waals surface area (Å²) in [7, 11) is -6.20. The van der Waals surface area contributed by atoms with E-state index in [1.807, 2.05) is 0 Å². The zero-order chi connectivity index (χ0) is 26.3. The molecule has 1 aliphatic rings. The molecule has 190 valence electrons. The highest BCUT2D eigenvalue weighted by Gasteiger charge is 2.38. The van der Waals surface area contributed by atoms with Crippen molar-refractivity contribution in [1.82, 2.24) is 4.31 Å². The normalized spacial score (nSPS) is 17.0. The summed E-state index contributed by atoms with van der Waals surface area (Å²) in [6.45, 7) is 0.223. The van der Waals surface area contributed by atoms with Gasteiger partial charge in [-0.15, -0.1) is 0 Å². The van der Waals surface area contributed by atoms with Gasteiger partial charge >= 0.3 is 0 Å². The van der Waals surface area contributed by atoms with Crippen LogP contribution in [0.3, 0.4) is 0 Å². The van der Waals surface area contributed by atoms with Gasteiger partial charge in [-0.25, -0.2) is 21.2 Å². The number of rotatable bonds is 6. The molecule has 36 heavy (non-hydrogen) atoms. The number of hydrogen-bond donors (Lipinski definition) is 0. The number of sulfone groups is 1. The molecule has 7 nitrogen and oxygen atoms in total. The second kappa shape index (κ2) is 9.93. The number of amides is 1. The molecule has 3 aromatic rings. The van der Waals surface area contributed by atoms with Crippen LogP contribution in [0.15, 0.2) is 76.5 Å². The molecule has 4 rings (SSSR count).